The highest BCUT2D eigenvalue weighted by molar-refractivity contribution is 5.98. The maximum Gasteiger partial charge on any atom is 0.264 e. The lowest BCUT2D eigenvalue weighted by atomic mass is 10.1. The zero-order valence-electron chi connectivity index (χ0n) is 21.6. The number of hydrazone groups is 2. The molecule has 0 spiro atoms. The van der Waals surface area contributed by atoms with Crippen LogP contribution in [-0.4, -0.2) is 48.6 Å². The number of carbonyl (C=O) groups excluding carboxylic acids is 2. The Morgan fingerprint density at radius 3 is 2.24 bits per heavy atom. The van der Waals surface area contributed by atoms with Gasteiger partial charge in [-0.15, -0.1) is 0 Å². The lowest BCUT2D eigenvalue weighted by Crippen LogP contribution is -2.57. The number of dihydropyridines is 1. The molecule has 0 saturated carbocycles. The van der Waals surface area contributed by atoms with Crippen molar-refractivity contribution in [2.24, 2.45) is 10.2 Å². The van der Waals surface area contributed by atoms with Crippen molar-refractivity contribution < 1.29 is 19.8 Å². The molecule has 212 valence electrons. The molecule has 0 bridgehead atoms. The average Bonchev–Trinajstić information content (AvgIpc) is 3.34. The predicted octanol–water partition coefficient (Wildman–Crippen LogP) is -1.50. The number of aromatic hydroxyl groups is 1. The molecule has 1 atom stereocenters. The SMILES string of the molecule is CC(=O)N/N=C/C1(n2c(=O)c3cc4c(=O)n(CC(=O)N/N=C/c5ncccc5O)c(=O)c4cc3c2=O)NC=CC=C1O. The van der Waals surface area contributed by atoms with Gasteiger partial charge in [0.15, 0.2) is 0 Å². The molecule has 16 heteroatoms. The van der Waals surface area contributed by atoms with Gasteiger partial charge in [-0.3, -0.25) is 38.3 Å². The summed E-state index contributed by atoms with van der Waals surface area (Å²) in [6.07, 6.45) is 7.37. The van der Waals surface area contributed by atoms with Crippen LogP contribution in [0, 0.1) is 0 Å². The van der Waals surface area contributed by atoms with Crippen molar-refractivity contribution in [1.29, 1.82) is 0 Å². The van der Waals surface area contributed by atoms with Crippen LogP contribution < -0.4 is 38.4 Å². The monoisotopic (exact) mass is 572 g/mol. The quantitative estimate of drug-likeness (QED) is 0.127. The van der Waals surface area contributed by atoms with Gasteiger partial charge in [-0.2, -0.15) is 10.2 Å². The first-order valence-electron chi connectivity index (χ1n) is 12.1. The van der Waals surface area contributed by atoms with E-state index in [2.05, 4.69) is 31.4 Å². The molecule has 0 saturated heterocycles. The van der Waals surface area contributed by atoms with Crippen LogP contribution in [0.3, 0.4) is 0 Å². The van der Waals surface area contributed by atoms with Crippen LogP contribution in [0.5, 0.6) is 5.75 Å². The number of aliphatic hydroxyl groups is 1. The highest BCUT2D eigenvalue weighted by Gasteiger charge is 2.40. The van der Waals surface area contributed by atoms with Crippen molar-refractivity contribution >= 4 is 45.8 Å². The van der Waals surface area contributed by atoms with Gasteiger partial charge in [0.25, 0.3) is 28.1 Å². The average molecular weight is 572 g/mol. The predicted molar refractivity (Wildman–Crippen MR) is 150 cm³/mol. The molecule has 4 aromatic rings. The maximum atomic E-state index is 13.5. The minimum Gasteiger partial charge on any atom is -0.507 e. The number of nitrogens with one attached hydrogen (secondary N) is 3. The van der Waals surface area contributed by atoms with Crippen molar-refractivity contribution in [2.75, 3.05) is 0 Å². The summed E-state index contributed by atoms with van der Waals surface area (Å²) in [5, 5.41) is 29.6. The summed E-state index contributed by atoms with van der Waals surface area (Å²) >= 11 is 0. The molecule has 16 nitrogen and oxygen atoms in total. The molecule has 4 heterocycles. The Morgan fingerprint density at radius 2 is 1.64 bits per heavy atom. The zero-order chi connectivity index (χ0) is 30.2. The molecule has 5 rings (SSSR count). The van der Waals surface area contributed by atoms with E-state index in [4.69, 9.17) is 0 Å². The van der Waals surface area contributed by atoms with E-state index in [-0.39, 0.29) is 33.0 Å². The first-order valence-corrected chi connectivity index (χ1v) is 12.1. The van der Waals surface area contributed by atoms with Gasteiger partial charge in [0.05, 0.1) is 34.0 Å². The Labute approximate surface area is 232 Å². The van der Waals surface area contributed by atoms with Crippen molar-refractivity contribution in [2.45, 2.75) is 19.1 Å². The van der Waals surface area contributed by atoms with Crippen LogP contribution in [0.2, 0.25) is 0 Å². The molecule has 0 radical (unpaired) electrons. The third-order valence-electron chi connectivity index (χ3n) is 6.34. The molecular weight excluding hydrogens is 552 g/mol. The van der Waals surface area contributed by atoms with E-state index in [1.807, 2.05) is 0 Å². The topological polar surface area (TPSA) is 226 Å². The summed E-state index contributed by atoms with van der Waals surface area (Å²) in [5.41, 5.74) is -1.34. The Morgan fingerprint density at radius 1 is 1.00 bits per heavy atom. The summed E-state index contributed by atoms with van der Waals surface area (Å²) < 4.78 is 1.27. The van der Waals surface area contributed by atoms with Crippen LogP contribution in [0.1, 0.15) is 12.6 Å². The summed E-state index contributed by atoms with van der Waals surface area (Å²) in [4.78, 5) is 80.7. The lowest BCUT2D eigenvalue weighted by molar-refractivity contribution is -0.121. The van der Waals surface area contributed by atoms with Gasteiger partial charge >= 0.3 is 0 Å². The van der Waals surface area contributed by atoms with Crippen LogP contribution in [-0.2, 0) is 21.8 Å². The number of rotatable bonds is 7. The number of hydrogen-bond acceptors (Lipinski definition) is 12. The number of carbonyl (C=O) groups is 2. The van der Waals surface area contributed by atoms with E-state index >= 15 is 0 Å². The number of allylic oxidation sites excluding steroid dienone is 2. The molecule has 1 unspecified atom stereocenters. The summed E-state index contributed by atoms with van der Waals surface area (Å²) in [5.74, 6) is -2.09. The summed E-state index contributed by atoms with van der Waals surface area (Å²) in [6, 6.07) is 5.00. The molecule has 1 aromatic carbocycles. The van der Waals surface area contributed by atoms with E-state index in [1.54, 1.807) is 0 Å². The molecule has 3 aromatic heterocycles. The largest absolute Gasteiger partial charge is 0.507 e. The zero-order valence-corrected chi connectivity index (χ0v) is 21.6. The first-order chi connectivity index (χ1) is 20.0. The van der Waals surface area contributed by atoms with E-state index in [0.29, 0.717) is 9.13 Å². The highest BCUT2D eigenvalue weighted by atomic mass is 16.3. The van der Waals surface area contributed by atoms with Crippen molar-refractivity contribution in [3.8, 4) is 5.75 Å². The molecule has 5 N–H and O–H groups in total. The third-order valence-corrected chi connectivity index (χ3v) is 6.34. The number of aliphatic hydroxyl groups excluding tert-OH is 1. The Balaban J connectivity index is 1.54. The molecule has 1 aliphatic rings. The van der Waals surface area contributed by atoms with Gasteiger partial charge in [0.1, 0.15) is 23.7 Å². The first kappa shape index (κ1) is 27.4. The lowest BCUT2D eigenvalue weighted by Gasteiger charge is -2.31. The second kappa shape index (κ2) is 10.4. The van der Waals surface area contributed by atoms with Crippen LogP contribution in [0.25, 0.3) is 21.5 Å². The van der Waals surface area contributed by atoms with Crippen molar-refractivity contribution in [3.63, 3.8) is 0 Å². The second-order valence-corrected chi connectivity index (χ2v) is 9.03. The fourth-order valence-corrected chi connectivity index (χ4v) is 4.41. The van der Waals surface area contributed by atoms with Crippen molar-refractivity contribution in [1.82, 2.24) is 30.3 Å². The number of amides is 2. The molecule has 0 aliphatic carbocycles. The number of benzene rings is 1. The van der Waals surface area contributed by atoms with E-state index < -0.39 is 52.0 Å². The number of aromatic nitrogens is 3. The van der Waals surface area contributed by atoms with Gasteiger partial charge in [-0.1, -0.05) is 0 Å². The Kier molecular flexibility index (Phi) is 6.79. The number of fused-ring (bicyclic) bond motifs is 2. The van der Waals surface area contributed by atoms with E-state index in [9.17, 15) is 39.0 Å². The molecule has 1 aliphatic heterocycles. The van der Waals surface area contributed by atoms with Crippen molar-refractivity contribution in [3.05, 3.63) is 102 Å². The normalized spacial score (nSPS) is 16.7. The van der Waals surface area contributed by atoms with Gasteiger partial charge in [0.2, 0.25) is 11.6 Å². The third kappa shape index (κ3) is 4.51. The van der Waals surface area contributed by atoms with Crippen LogP contribution in [0.4, 0.5) is 0 Å². The Hall–Kier alpha value is -6.19. The van der Waals surface area contributed by atoms with Gasteiger partial charge in [-0.25, -0.2) is 15.4 Å². The minimum atomic E-state index is -2.03. The maximum absolute atomic E-state index is 13.5. The smallest absolute Gasteiger partial charge is 0.264 e. The molecule has 0 fully saturated rings. The Bertz CT molecular complexity index is 2030. The molecule has 42 heavy (non-hydrogen) atoms. The second-order valence-electron chi connectivity index (χ2n) is 9.03. The molecular formula is C26H20N8O8. The number of hydrogen-bond donors (Lipinski definition) is 5. The fourth-order valence-electron chi connectivity index (χ4n) is 4.41. The van der Waals surface area contributed by atoms with Gasteiger partial charge < -0.3 is 15.5 Å². The summed E-state index contributed by atoms with van der Waals surface area (Å²) in [6.45, 7) is 0.452. The minimum absolute atomic E-state index is 0.0721. The van der Waals surface area contributed by atoms with Gasteiger partial charge in [0, 0.05) is 13.1 Å². The van der Waals surface area contributed by atoms with E-state index in [1.165, 1.54) is 43.6 Å². The molecule has 2 amide bonds. The standard InChI is InChI=1S/C26H20N8O8/c1-13(35)31-30-12-26(20(37)5-3-7-28-26)34-24(41)16-8-14-15(9-17(16)25(34)42)23(40)33(22(14)39)11-21(38)32-29-10-18-19(36)4-2-6-27-18/h2-10,12,28,36-37H,11H2,1H3,(H,31,35)(H,32,38)/b29-10+,30-12+. The van der Waals surface area contributed by atoms with E-state index in [0.717, 1.165) is 24.6 Å². The fraction of sp³-hybridized carbons (Fsp3) is 0.115. The summed E-state index contributed by atoms with van der Waals surface area (Å²) in [7, 11) is 0. The number of pyridine rings is 1. The van der Waals surface area contributed by atoms with Crippen LogP contribution in [0.15, 0.2) is 84.0 Å². The number of nitrogens with zero attached hydrogens (tertiary/aromatic N) is 5. The highest BCUT2D eigenvalue weighted by Crippen LogP contribution is 2.23. The van der Waals surface area contributed by atoms with Crippen LogP contribution >= 0.6 is 0 Å². The van der Waals surface area contributed by atoms with Gasteiger partial charge in [-0.05, 0) is 42.6 Å².